The van der Waals surface area contributed by atoms with Crippen LogP contribution in [0.15, 0.2) is 224 Å². The van der Waals surface area contributed by atoms with Gasteiger partial charge in [0.25, 0.3) is 0 Å². The van der Waals surface area contributed by atoms with E-state index in [9.17, 15) is 0 Å². The highest BCUT2D eigenvalue weighted by molar-refractivity contribution is 6.92. The Hall–Kier alpha value is -11.1. The molecule has 84 heavy (non-hydrogen) atoms. The number of aromatic nitrogens is 4. The Morgan fingerprint density at radius 3 is 1.02 bits per heavy atom. The lowest BCUT2D eigenvalue weighted by Crippen LogP contribution is -2.55. The molecule has 0 N–H and O–H groups in total. The van der Waals surface area contributed by atoms with E-state index in [2.05, 4.69) is 224 Å². The van der Waals surface area contributed by atoms with Gasteiger partial charge in [-0.3, -0.25) is 0 Å². The van der Waals surface area contributed by atoms with Gasteiger partial charge in [0.15, 0.2) is 0 Å². The van der Waals surface area contributed by atoms with Gasteiger partial charge in [-0.05, 0) is 69.4 Å². The van der Waals surface area contributed by atoms with Gasteiger partial charge in [-0.25, -0.2) is 0 Å². The van der Waals surface area contributed by atoms with Crippen molar-refractivity contribution in [1.82, 2.24) is 18.1 Å². The third kappa shape index (κ3) is 4.33. The number of nitrogens with zero attached hydrogens (tertiary/aromatic N) is 4. The number of furan rings is 4. The predicted molar refractivity (Wildman–Crippen MR) is 344 cm³/mol. The summed E-state index contributed by atoms with van der Waals surface area (Å²) in [6.45, 7) is -0.394. The van der Waals surface area contributed by atoms with Crippen LogP contribution in [0, 0.1) is 0 Å². The second kappa shape index (κ2) is 13.3. The van der Waals surface area contributed by atoms with Crippen LogP contribution in [0.3, 0.4) is 0 Å². The van der Waals surface area contributed by atoms with Crippen molar-refractivity contribution in [3.05, 3.63) is 206 Å². The SMILES string of the molecule is c1ccc2c(c1)oc1cc3c(cc12)B1c2c(ccc4c5cc6c(cc5n-3c24)oc2ccccc26)-c2cccc3c2n1c1c2cccc4c2n(c31)B1c2cc3c(cc2-n2c5cc6oc7ccccc7c6cc5c5ccc-4c1c52)oc1ccccc13. The minimum absolute atomic E-state index is 0.197. The van der Waals surface area contributed by atoms with Crippen LogP contribution in [0.4, 0.5) is 0 Å². The zero-order chi connectivity index (χ0) is 53.4. The molecule has 0 aliphatic carbocycles. The number of rotatable bonds is 0. The van der Waals surface area contributed by atoms with Crippen LogP contribution < -0.4 is 21.9 Å². The van der Waals surface area contributed by atoms with Crippen molar-refractivity contribution in [3.8, 4) is 33.6 Å². The highest BCUT2D eigenvalue weighted by atomic mass is 16.3. The van der Waals surface area contributed by atoms with E-state index in [0.29, 0.717) is 0 Å². The molecule has 0 spiro atoms. The third-order valence-electron chi connectivity index (χ3n) is 20.5. The van der Waals surface area contributed by atoms with Crippen molar-refractivity contribution < 1.29 is 17.7 Å². The average Bonchev–Trinajstić information content (AvgIpc) is 1.83. The van der Waals surface area contributed by atoms with Crippen LogP contribution in [0.1, 0.15) is 0 Å². The molecule has 0 unspecified atom stereocenters. The van der Waals surface area contributed by atoms with Gasteiger partial charge >= 0.3 is 13.7 Å². The van der Waals surface area contributed by atoms with Gasteiger partial charge in [-0.1, -0.05) is 146 Å². The summed E-state index contributed by atoms with van der Waals surface area (Å²) in [6.07, 6.45) is 0. The van der Waals surface area contributed by atoms with Crippen molar-refractivity contribution in [2.24, 2.45) is 0 Å². The lowest BCUT2D eigenvalue weighted by molar-refractivity contribution is 0.668. The minimum Gasteiger partial charge on any atom is -0.456 e. The Bertz CT molecular complexity index is 6300. The maximum absolute atomic E-state index is 6.83. The Kier molecular flexibility index (Phi) is 6.49. The highest BCUT2D eigenvalue weighted by Gasteiger charge is 2.47. The molecule has 0 amide bonds. The topological polar surface area (TPSA) is 72.3 Å². The summed E-state index contributed by atoms with van der Waals surface area (Å²) in [4.78, 5) is 0. The molecule has 24 rings (SSSR count). The molecule has 8 aromatic heterocycles. The summed E-state index contributed by atoms with van der Waals surface area (Å²) in [5, 5.41) is 16.3. The first-order valence-corrected chi connectivity index (χ1v) is 29.0. The van der Waals surface area contributed by atoms with Gasteiger partial charge in [0.05, 0.1) is 33.1 Å². The summed E-state index contributed by atoms with van der Waals surface area (Å²) in [6, 6.07) is 76.6. The Balaban J connectivity index is 0.870. The molecule has 20 aromatic rings. The van der Waals surface area contributed by atoms with E-state index in [1.165, 1.54) is 110 Å². The first-order chi connectivity index (χ1) is 41.7. The smallest absolute Gasteiger partial charge is 0.333 e. The summed E-state index contributed by atoms with van der Waals surface area (Å²) < 4.78 is 37.7. The monoisotopic (exact) mass is 1060 g/mol. The molecule has 12 aromatic carbocycles. The number of para-hydroxylation sites is 6. The second-order valence-corrected chi connectivity index (χ2v) is 24.1. The van der Waals surface area contributed by atoms with Gasteiger partial charge in [-0.2, -0.15) is 0 Å². The fourth-order valence-corrected chi connectivity index (χ4v) is 17.4. The van der Waals surface area contributed by atoms with Crippen LogP contribution in [0.2, 0.25) is 0 Å². The number of fused-ring (bicyclic) bond motifs is 33. The van der Waals surface area contributed by atoms with E-state index in [4.69, 9.17) is 17.7 Å². The fraction of sp³-hybridized carbons (Fsp3) is 0. The predicted octanol–water partition coefficient (Wildman–Crippen LogP) is 16.4. The zero-order valence-electron chi connectivity index (χ0n) is 44.2. The van der Waals surface area contributed by atoms with Crippen molar-refractivity contribution in [2.75, 3.05) is 0 Å². The lowest BCUT2D eigenvalue weighted by Gasteiger charge is -2.34. The van der Waals surface area contributed by atoms with E-state index in [0.717, 1.165) is 110 Å². The highest BCUT2D eigenvalue weighted by Crippen LogP contribution is 2.52. The quantitative estimate of drug-likeness (QED) is 0.142. The third-order valence-corrected chi connectivity index (χ3v) is 20.5. The molecule has 0 saturated heterocycles. The Morgan fingerprint density at radius 2 is 0.607 bits per heavy atom. The van der Waals surface area contributed by atoms with Gasteiger partial charge < -0.3 is 35.8 Å². The number of benzene rings is 12. The van der Waals surface area contributed by atoms with Crippen molar-refractivity contribution in [3.63, 3.8) is 0 Å². The molecule has 8 nitrogen and oxygen atoms in total. The molecule has 0 saturated carbocycles. The molecule has 4 aliphatic rings. The molecule has 0 fully saturated rings. The first-order valence-electron chi connectivity index (χ1n) is 29.0. The van der Waals surface area contributed by atoms with E-state index in [1.807, 2.05) is 0 Å². The largest absolute Gasteiger partial charge is 0.456 e. The van der Waals surface area contributed by atoms with Crippen LogP contribution in [-0.2, 0) is 0 Å². The first kappa shape index (κ1) is 41.0. The van der Waals surface area contributed by atoms with Gasteiger partial charge in [0.2, 0.25) is 0 Å². The number of hydrogen-bond acceptors (Lipinski definition) is 4. The van der Waals surface area contributed by atoms with Crippen LogP contribution in [0.5, 0.6) is 0 Å². The normalized spacial score (nSPS) is 13.9. The molecule has 0 bridgehead atoms. The van der Waals surface area contributed by atoms with Crippen molar-refractivity contribution >= 4 is 200 Å². The fourth-order valence-electron chi connectivity index (χ4n) is 17.4. The molecule has 0 atom stereocenters. The summed E-state index contributed by atoms with van der Waals surface area (Å²) >= 11 is 0. The molecule has 12 heterocycles. The summed E-state index contributed by atoms with van der Waals surface area (Å²) in [5.74, 6) is 0. The summed E-state index contributed by atoms with van der Waals surface area (Å²) in [7, 11) is 0. The van der Waals surface area contributed by atoms with Gasteiger partial charge in [0, 0.05) is 133 Å². The van der Waals surface area contributed by atoms with Crippen LogP contribution >= 0.6 is 0 Å². The average molecular weight is 1060 g/mol. The number of hydrogen-bond donors (Lipinski definition) is 0. The molecule has 10 heteroatoms. The maximum atomic E-state index is 6.83. The maximum Gasteiger partial charge on any atom is 0.333 e. The minimum atomic E-state index is -0.197. The molecule has 0 radical (unpaired) electrons. The molecular weight excluding hydrogens is 1030 g/mol. The van der Waals surface area contributed by atoms with E-state index in [-0.39, 0.29) is 13.7 Å². The van der Waals surface area contributed by atoms with E-state index >= 15 is 0 Å². The summed E-state index contributed by atoms with van der Waals surface area (Å²) in [5.41, 5.74) is 29.2. The van der Waals surface area contributed by atoms with Gasteiger partial charge in [-0.15, -0.1) is 0 Å². The Labute approximate surface area is 472 Å². The molecular formula is C74H34B2N4O4. The van der Waals surface area contributed by atoms with Gasteiger partial charge in [0.1, 0.15) is 44.7 Å². The van der Waals surface area contributed by atoms with Crippen LogP contribution in [0.25, 0.3) is 198 Å². The van der Waals surface area contributed by atoms with Crippen LogP contribution in [-0.4, -0.2) is 31.8 Å². The molecule has 4 aliphatic heterocycles. The standard InChI is InChI=1S/C74H34B2N4O4/c1-5-19-59-35(11-1)49-27-47-43-25-23-39-41-15-9-17-45-69(41)79(75-53-29-51-37-13-3-7-21-61(37)83-65(51)33-57(53)77(71(43)67(39)75)55(47)31-63(49)81-59)73-46-18-10-16-42-40-24-26-44-48-28-50-36-12-2-6-20-60(36)82-64(50)32-56(48)78-58-34-66-52(38-14-4-8-22-62(38)84-66)30-54(58)76(68(40)72(44)78)80(70(42)46)74(45)73/h1-34H. The molecule has 380 valence electrons. The lowest BCUT2D eigenvalue weighted by atomic mass is 9.45. The van der Waals surface area contributed by atoms with E-state index in [1.54, 1.807) is 0 Å². The Morgan fingerprint density at radius 1 is 0.238 bits per heavy atom. The zero-order valence-corrected chi connectivity index (χ0v) is 44.2. The second-order valence-electron chi connectivity index (χ2n) is 24.1. The van der Waals surface area contributed by atoms with Crippen molar-refractivity contribution in [2.45, 2.75) is 0 Å². The van der Waals surface area contributed by atoms with Crippen molar-refractivity contribution in [1.29, 1.82) is 0 Å². The van der Waals surface area contributed by atoms with E-state index < -0.39 is 0 Å².